The maximum atomic E-state index is 11.3. The van der Waals surface area contributed by atoms with Crippen LogP contribution in [-0.2, 0) is 11.3 Å². The van der Waals surface area contributed by atoms with Crippen LogP contribution in [0.5, 0.6) is 0 Å². The topological polar surface area (TPSA) is 88.2 Å². The van der Waals surface area contributed by atoms with Crippen LogP contribution in [0.4, 0.5) is 0 Å². The summed E-state index contributed by atoms with van der Waals surface area (Å²) < 4.78 is 4.94. The highest BCUT2D eigenvalue weighted by molar-refractivity contribution is 5.76. The molecule has 1 atom stereocenters. The molecule has 1 aromatic heterocycles. The van der Waals surface area contributed by atoms with E-state index >= 15 is 0 Å². The molecule has 1 unspecified atom stereocenters. The van der Waals surface area contributed by atoms with Crippen molar-refractivity contribution in [2.75, 3.05) is 6.54 Å². The van der Waals surface area contributed by atoms with E-state index in [1.807, 2.05) is 18.2 Å². The van der Waals surface area contributed by atoms with Gasteiger partial charge in [-0.2, -0.15) is 4.98 Å². The van der Waals surface area contributed by atoms with Gasteiger partial charge in [0, 0.05) is 6.54 Å². The second-order valence-electron chi connectivity index (χ2n) is 4.17. The molecule has 100 valence electrons. The number of rotatable bonds is 6. The van der Waals surface area contributed by atoms with Crippen molar-refractivity contribution in [1.29, 1.82) is 0 Å². The fourth-order valence-corrected chi connectivity index (χ4v) is 1.77. The lowest BCUT2D eigenvalue weighted by Crippen LogP contribution is -2.26. The van der Waals surface area contributed by atoms with Gasteiger partial charge in [0.1, 0.15) is 0 Å². The molecule has 0 aliphatic rings. The van der Waals surface area contributed by atoms with Crippen molar-refractivity contribution in [1.82, 2.24) is 15.5 Å². The molecule has 0 bridgehead atoms. The molecule has 0 aliphatic carbocycles. The SMILES string of the molecule is Cc1noc(CNCC(C(=O)O)c2ccccc2)n1. The molecule has 2 rings (SSSR count). The molecule has 0 amide bonds. The maximum absolute atomic E-state index is 11.3. The quantitative estimate of drug-likeness (QED) is 0.815. The normalized spacial score (nSPS) is 12.3. The number of hydrogen-bond acceptors (Lipinski definition) is 5. The number of carboxylic acid groups (broad SMARTS) is 1. The number of aryl methyl sites for hydroxylation is 1. The predicted molar refractivity (Wildman–Crippen MR) is 67.6 cm³/mol. The van der Waals surface area contributed by atoms with Crippen molar-refractivity contribution in [2.24, 2.45) is 0 Å². The first-order chi connectivity index (χ1) is 9.16. The molecule has 0 fully saturated rings. The van der Waals surface area contributed by atoms with Gasteiger partial charge in [0.05, 0.1) is 12.5 Å². The molecule has 0 aliphatic heterocycles. The number of carbonyl (C=O) groups is 1. The number of nitrogens with zero attached hydrogens (tertiary/aromatic N) is 2. The summed E-state index contributed by atoms with van der Waals surface area (Å²) >= 11 is 0. The van der Waals surface area contributed by atoms with Crippen LogP contribution in [0.2, 0.25) is 0 Å². The Balaban J connectivity index is 1.93. The highest BCUT2D eigenvalue weighted by Gasteiger charge is 2.19. The van der Waals surface area contributed by atoms with E-state index in [1.165, 1.54) is 0 Å². The molecular weight excluding hydrogens is 246 g/mol. The van der Waals surface area contributed by atoms with Crippen molar-refractivity contribution in [2.45, 2.75) is 19.4 Å². The predicted octanol–water partition coefficient (Wildman–Crippen LogP) is 1.34. The van der Waals surface area contributed by atoms with Crippen LogP contribution in [0.25, 0.3) is 0 Å². The molecule has 0 saturated carbocycles. The first kappa shape index (κ1) is 13.2. The van der Waals surface area contributed by atoms with Gasteiger partial charge in [-0.05, 0) is 12.5 Å². The fourth-order valence-electron chi connectivity index (χ4n) is 1.77. The smallest absolute Gasteiger partial charge is 0.312 e. The Morgan fingerprint density at radius 3 is 2.74 bits per heavy atom. The Labute approximate surface area is 110 Å². The Morgan fingerprint density at radius 2 is 2.16 bits per heavy atom. The van der Waals surface area contributed by atoms with Gasteiger partial charge in [0.25, 0.3) is 0 Å². The zero-order valence-corrected chi connectivity index (χ0v) is 10.5. The van der Waals surface area contributed by atoms with Gasteiger partial charge in [-0.3, -0.25) is 4.79 Å². The van der Waals surface area contributed by atoms with Crippen molar-refractivity contribution >= 4 is 5.97 Å². The molecule has 6 nitrogen and oxygen atoms in total. The van der Waals surface area contributed by atoms with Gasteiger partial charge in [-0.25, -0.2) is 0 Å². The minimum Gasteiger partial charge on any atom is -0.481 e. The van der Waals surface area contributed by atoms with E-state index in [0.29, 0.717) is 24.8 Å². The van der Waals surface area contributed by atoms with Gasteiger partial charge < -0.3 is 14.9 Å². The third-order valence-electron chi connectivity index (χ3n) is 2.69. The van der Waals surface area contributed by atoms with E-state index < -0.39 is 11.9 Å². The third-order valence-corrected chi connectivity index (χ3v) is 2.69. The summed E-state index contributed by atoms with van der Waals surface area (Å²) in [5, 5.41) is 15.9. The molecule has 1 heterocycles. The molecule has 2 aromatic rings. The largest absolute Gasteiger partial charge is 0.481 e. The van der Waals surface area contributed by atoms with Crippen LogP contribution in [0.1, 0.15) is 23.2 Å². The van der Waals surface area contributed by atoms with E-state index in [9.17, 15) is 9.90 Å². The zero-order valence-electron chi connectivity index (χ0n) is 10.5. The summed E-state index contributed by atoms with van der Waals surface area (Å²) in [6.07, 6.45) is 0. The minimum atomic E-state index is -0.861. The van der Waals surface area contributed by atoms with Gasteiger partial charge >= 0.3 is 5.97 Å². The van der Waals surface area contributed by atoms with Crippen LogP contribution in [0.15, 0.2) is 34.9 Å². The lowest BCUT2D eigenvalue weighted by Gasteiger charge is -2.12. The Bertz CT molecular complexity index is 539. The minimum absolute atomic E-state index is 0.306. The Hall–Kier alpha value is -2.21. The van der Waals surface area contributed by atoms with Gasteiger partial charge in [0.2, 0.25) is 5.89 Å². The van der Waals surface area contributed by atoms with E-state index in [-0.39, 0.29) is 0 Å². The highest BCUT2D eigenvalue weighted by atomic mass is 16.5. The summed E-state index contributed by atoms with van der Waals surface area (Å²) in [6.45, 7) is 2.40. The first-order valence-corrected chi connectivity index (χ1v) is 5.94. The molecule has 0 radical (unpaired) electrons. The van der Waals surface area contributed by atoms with Crippen molar-refractivity contribution in [3.63, 3.8) is 0 Å². The number of hydrogen-bond donors (Lipinski definition) is 2. The monoisotopic (exact) mass is 261 g/mol. The lowest BCUT2D eigenvalue weighted by molar-refractivity contribution is -0.138. The van der Waals surface area contributed by atoms with E-state index in [4.69, 9.17) is 4.52 Å². The first-order valence-electron chi connectivity index (χ1n) is 5.94. The van der Waals surface area contributed by atoms with E-state index in [1.54, 1.807) is 19.1 Å². The van der Waals surface area contributed by atoms with Crippen LogP contribution in [0.3, 0.4) is 0 Å². The van der Waals surface area contributed by atoms with Gasteiger partial charge in [-0.1, -0.05) is 35.5 Å². The van der Waals surface area contributed by atoms with E-state index in [2.05, 4.69) is 15.5 Å². The summed E-state index contributed by atoms with van der Waals surface area (Å²) in [7, 11) is 0. The third kappa shape index (κ3) is 3.62. The number of nitrogens with one attached hydrogen (secondary N) is 1. The van der Waals surface area contributed by atoms with Crippen LogP contribution in [0, 0.1) is 6.92 Å². The lowest BCUT2D eigenvalue weighted by atomic mass is 9.99. The zero-order chi connectivity index (χ0) is 13.7. The Kier molecular flexibility index (Phi) is 4.25. The summed E-state index contributed by atoms with van der Waals surface area (Å²) in [4.78, 5) is 15.3. The van der Waals surface area contributed by atoms with Crippen LogP contribution < -0.4 is 5.32 Å². The van der Waals surface area contributed by atoms with Crippen LogP contribution >= 0.6 is 0 Å². The van der Waals surface area contributed by atoms with Gasteiger partial charge in [0.15, 0.2) is 5.82 Å². The number of carboxylic acids is 1. The molecule has 0 saturated heterocycles. The van der Waals surface area contributed by atoms with Crippen molar-refractivity contribution in [3.8, 4) is 0 Å². The maximum Gasteiger partial charge on any atom is 0.312 e. The molecule has 1 aromatic carbocycles. The summed E-state index contributed by atoms with van der Waals surface area (Å²) in [5.74, 6) is -0.435. The fraction of sp³-hybridized carbons (Fsp3) is 0.308. The average Bonchev–Trinajstić information content (AvgIpc) is 2.81. The standard InChI is InChI=1S/C13H15N3O3/c1-9-15-12(19-16-9)8-14-7-11(13(17)18)10-5-3-2-4-6-10/h2-6,11,14H,7-8H2,1H3,(H,17,18). The number of benzene rings is 1. The van der Waals surface area contributed by atoms with Crippen molar-refractivity contribution in [3.05, 3.63) is 47.6 Å². The van der Waals surface area contributed by atoms with Crippen molar-refractivity contribution < 1.29 is 14.4 Å². The highest BCUT2D eigenvalue weighted by Crippen LogP contribution is 2.14. The summed E-state index contributed by atoms with van der Waals surface area (Å²) in [5.41, 5.74) is 0.768. The van der Waals surface area contributed by atoms with Gasteiger partial charge in [-0.15, -0.1) is 0 Å². The molecule has 2 N–H and O–H groups in total. The molecule has 0 spiro atoms. The van der Waals surface area contributed by atoms with E-state index in [0.717, 1.165) is 5.56 Å². The second-order valence-corrected chi connectivity index (χ2v) is 4.17. The molecule has 19 heavy (non-hydrogen) atoms. The molecular formula is C13H15N3O3. The average molecular weight is 261 g/mol. The Morgan fingerprint density at radius 1 is 1.42 bits per heavy atom. The number of aliphatic carboxylic acids is 1. The number of aromatic nitrogens is 2. The summed E-state index contributed by atoms with van der Waals surface area (Å²) in [6, 6.07) is 9.12. The van der Waals surface area contributed by atoms with Crippen LogP contribution in [-0.4, -0.2) is 27.8 Å². The molecule has 6 heteroatoms. The second kappa shape index (κ2) is 6.10.